The molecule has 1 heterocycles. The average molecular weight is 551 g/mol. The summed E-state index contributed by atoms with van der Waals surface area (Å²) in [6, 6.07) is 13.7. The van der Waals surface area contributed by atoms with Crippen molar-refractivity contribution in [2.24, 2.45) is 18.9 Å². The molecule has 2 aromatic carbocycles. The van der Waals surface area contributed by atoms with E-state index in [1.165, 1.54) is 29.3 Å². The van der Waals surface area contributed by atoms with Crippen molar-refractivity contribution in [1.82, 2.24) is 4.57 Å². The van der Waals surface area contributed by atoms with Gasteiger partial charge in [0.25, 0.3) is 0 Å². The van der Waals surface area contributed by atoms with E-state index in [0.29, 0.717) is 17.6 Å². The zero-order valence-electron chi connectivity index (χ0n) is 24.4. The summed E-state index contributed by atoms with van der Waals surface area (Å²) < 4.78 is 24.7. The van der Waals surface area contributed by atoms with E-state index in [4.69, 9.17) is 4.74 Å². The lowest BCUT2D eigenvalue weighted by atomic mass is 9.82. The van der Waals surface area contributed by atoms with Gasteiger partial charge >= 0.3 is 0 Å². The van der Waals surface area contributed by atoms with Crippen LogP contribution in [0, 0.1) is 11.8 Å². The van der Waals surface area contributed by atoms with E-state index in [-0.39, 0.29) is 5.92 Å². The van der Waals surface area contributed by atoms with Crippen LogP contribution in [-0.2, 0) is 21.5 Å². The van der Waals surface area contributed by atoms with Crippen LogP contribution >= 0.6 is 0 Å². The number of carbonyl (C=O) groups is 1. The first-order chi connectivity index (χ1) is 18.8. The lowest BCUT2D eigenvalue weighted by molar-refractivity contribution is -0.127. The maximum Gasteiger partial charge on any atom is 0.139 e. The average Bonchev–Trinajstić information content (AvgIpc) is 3.61. The number of rotatable bonds is 13. The summed E-state index contributed by atoms with van der Waals surface area (Å²) in [7, 11) is 1.12. The SMILES string of the molecule is CC=S(=O)(Nc1ccc2c(c1)c(C(CCC)CCC(CC)C(=O)C1CCCC1)cn2C)c1ccc(OC)cc1. The summed E-state index contributed by atoms with van der Waals surface area (Å²) in [4.78, 5) is 13.9. The van der Waals surface area contributed by atoms with Crippen molar-refractivity contribution in [2.45, 2.75) is 89.4 Å². The first kappa shape index (κ1) is 29.3. The van der Waals surface area contributed by atoms with Crippen LogP contribution in [-0.4, -0.2) is 27.0 Å². The Balaban J connectivity index is 1.60. The van der Waals surface area contributed by atoms with Crippen LogP contribution in [0.5, 0.6) is 5.75 Å². The summed E-state index contributed by atoms with van der Waals surface area (Å²) in [6.45, 7) is 6.25. The molecule has 4 rings (SSSR count). The van der Waals surface area contributed by atoms with Crippen molar-refractivity contribution < 1.29 is 13.7 Å². The lowest BCUT2D eigenvalue weighted by Crippen LogP contribution is -2.22. The molecule has 39 heavy (non-hydrogen) atoms. The molecule has 1 aromatic heterocycles. The maximum atomic E-state index is 13.9. The standard InChI is InChI=1S/C33H46N2O3S/c1-6-11-25(15-14-24(7-2)33(36)26-12-9-10-13-26)31-23-35(4)32-21-16-27(22-30(31)32)34-39(37,8-3)29-19-17-28(38-5)18-20-29/h8,16-26H,6-7,9-15H2,1-5H3,(H,34,37). The monoisotopic (exact) mass is 550 g/mol. The van der Waals surface area contributed by atoms with Gasteiger partial charge in [0.05, 0.1) is 16.8 Å². The third-order valence-electron chi connectivity index (χ3n) is 8.62. The van der Waals surface area contributed by atoms with Gasteiger partial charge in [-0.25, -0.2) is 4.21 Å². The van der Waals surface area contributed by atoms with Crippen LogP contribution in [0.25, 0.3) is 10.9 Å². The Kier molecular flexibility index (Phi) is 9.81. The van der Waals surface area contributed by atoms with E-state index < -0.39 is 9.71 Å². The highest BCUT2D eigenvalue weighted by molar-refractivity contribution is 8.02. The molecule has 0 amide bonds. The number of nitrogens with one attached hydrogen (secondary N) is 1. The number of anilines is 1. The van der Waals surface area contributed by atoms with Crippen LogP contribution in [0.15, 0.2) is 53.6 Å². The van der Waals surface area contributed by atoms with Crippen LogP contribution in [0.3, 0.4) is 0 Å². The van der Waals surface area contributed by atoms with Gasteiger partial charge in [-0.05, 0) is 105 Å². The largest absolute Gasteiger partial charge is 0.497 e. The van der Waals surface area contributed by atoms with Crippen LogP contribution in [0.2, 0.25) is 0 Å². The number of aryl methyl sites for hydroxylation is 1. The molecule has 3 aromatic rings. The van der Waals surface area contributed by atoms with Crippen molar-refractivity contribution in [3.05, 3.63) is 54.2 Å². The third kappa shape index (κ3) is 6.54. The van der Waals surface area contributed by atoms with E-state index >= 15 is 0 Å². The third-order valence-corrected chi connectivity index (χ3v) is 10.8. The van der Waals surface area contributed by atoms with Gasteiger partial charge in [-0.3, -0.25) is 4.79 Å². The van der Waals surface area contributed by atoms with E-state index in [2.05, 4.69) is 48.5 Å². The number of nitrogens with zero attached hydrogens (tertiary/aromatic N) is 1. The molecule has 1 aliphatic rings. The number of Topliss-reactive ketones (excluding diaryl/α,β-unsaturated/α-hetero) is 1. The van der Waals surface area contributed by atoms with Crippen molar-refractivity contribution in [3.8, 4) is 5.75 Å². The van der Waals surface area contributed by atoms with Gasteiger partial charge in [-0.15, -0.1) is 0 Å². The quantitative estimate of drug-likeness (QED) is 0.219. The highest BCUT2D eigenvalue weighted by Gasteiger charge is 2.29. The van der Waals surface area contributed by atoms with Gasteiger partial charge in [0.2, 0.25) is 0 Å². The van der Waals surface area contributed by atoms with Crippen LogP contribution in [0.4, 0.5) is 5.69 Å². The minimum atomic E-state index is -2.61. The molecule has 0 radical (unpaired) electrons. The summed E-state index contributed by atoms with van der Waals surface area (Å²) in [5.74, 6) is 2.11. The zero-order chi connectivity index (χ0) is 28.0. The second-order valence-corrected chi connectivity index (χ2v) is 13.4. The molecular formula is C33H46N2O3S. The maximum absolute atomic E-state index is 13.9. The van der Waals surface area contributed by atoms with E-state index in [1.807, 2.05) is 37.3 Å². The number of carbonyl (C=O) groups excluding carboxylic acids is 1. The smallest absolute Gasteiger partial charge is 0.139 e. The molecule has 6 heteroatoms. The Hall–Kier alpha value is -2.73. The Bertz CT molecular complexity index is 1380. The van der Waals surface area contributed by atoms with Crippen LogP contribution < -0.4 is 9.46 Å². The fourth-order valence-electron chi connectivity index (χ4n) is 6.32. The first-order valence-electron chi connectivity index (χ1n) is 14.7. The number of ether oxygens (including phenoxy) is 1. The second-order valence-electron chi connectivity index (χ2n) is 11.1. The Morgan fingerprint density at radius 3 is 2.44 bits per heavy atom. The number of benzene rings is 2. The summed E-state index contributed by atoms with van der Waals surface area (Å²) in [5.41, 5.74) is 3.34. The molecule has 0 aliphatic heterocycles. The number of hydrogen-bond acceptors (Lipinski definition) is 3. The molecule has 1 N–H and O–H groups in total. The molecule has 0 saturated heterocycles. The summed E-state index contributed by atoms with van der Waals surface area (Å²) in [6.07, 6.45) is 12.0. The highest BCUT2D eigenvalue weighted by atomic mass is 32.2. The van der Waals surface area contributed by atoms with Crippen molar-refractivity contribution in [1.29, 1.82) is 0 Å². The number of ketones is 1. The zero-order valence-corrected chi connectivity index (χ0v) is 25.2. The Labute approximate surface area is 235 Å². The predicted molar refractivity (Wildman–Crippen MR) is 165 cm³/mol. The van der Waals surface area contributed by atoms with Crippen molar-refractivity contribution >= 4 is 37.4 Å². The first-order valence-corrected chi connectivity index (χ1v) is 16.3. The van der Waals surface area contributed by atoms with Gasteiger partial charge in [-0.2, -0.15) is 0 Å². The van der Waals surface area contributed by atoms with E-state index in [0.717, 1.165) is 61.3 Å². The number of hydrogen-bond donors (Lipinski definition) is 1. The predicted octanol–water partition coefficient (Wildman–Crippen LogP) is 8.13. The number of methoxy groups -OCH3 is 1. The number of aromatic nitrogens is 1. The van der Waals surface area contributed by atoms with Gasteiger partial charge in [0.1, 0.15) is 11.5 Å². The molecule has 3 unspecified atom stereocenters. The molecule has 0 bridgehead atoms. The number of fused-ring (bicyclic) bond motifs is 1. The Morgan fingerprint density at radius 1 is 1.10 bits per heavy atom. The molecule has 1 aliphatic carbocycles. The molecule has 1 saturated carbocycles. The van der Waals surface area contributed by atoms with E-state index in [1.54, 1.807) is 12.5 Å². The molecule has 5 nitrogen and oxygen atoms in total. The lowest BCUT2D eigenvalue weighted by Gasteiger charge is -2.22. The molecular weight excluding hydrogens is 504 g/mol. The van der Waals surface area contributed by atoms with Crippen LogP contribution in [0.1, 0.15) is 90.0 Å². The van der Waals surface area contributed by atoms with Gasteiger partial charge in [0.15, 0.2) is 0 Å². The molecule has 1 fully saturated rings. The van der Waals surface area contributed by atoms with Gasteiger partial charge in [-0.1, -0.05) is 33.1 Å². The Morgan fingerprint density at radius 2 is 1.82 bits per heavy atom. The van der Waals surface area contributed by atoms with Gasteiger partial charge in [0, 0.05) is 46.6 Å². The van der Waals surface area contributed by atoms with E-state index in [9.17, 15) is 9.00 Å². The normalized spacial score (nSPS) is 17.1. The highest BCUT2D eigenvalue weighted by Crippen LogP contribution is 2.37. The summed E-state index contributed by atoms with van der Waals surface area (Å²) in [5, 5.41) is 2.94. The summed E-state index contributed by atoms with van der Waals surface area (Å²) >= 11 is 0. The van der Waals surface area contributed by atoms with Gasteiger partial charge < -0.3 is 14.0 Å². The second kappa shape index (κ2) is 13.1. The minimum Gasteiger partial charge on any atom is -0.497 e. The fraction of sp³-hybridized carbons (Fsp3) is 0.515. The van der Waals surface area contributed by atoms with Crippen molar-refractivity contribution in [2.75, 3.05) is 11.8 Å². The molecule has 0 spiro atoms. The minimum absolute atomic E-state index is 0.175. The molecule has 212 valence electrons. The fourth-order valence-corrected chi connectivity index (χ4v) is 7.84. The van der Waals surface area contributed by atoms with Crippen molar-refractivity contribution in [3.63, 3.8) is 0 Å². The molecule has 3 atom stereocenters. The topological polar surface area (TPSA) is 60.3 Å².